The largest absolute Gasteiger partial charge is 0.494 e. The molecule has 0 saturated heterocycles. The molecule has 0 amide bonds. The van der Waals surface area contributed by atoms with Gasteiger partial charge in [0, 0.05) is 6.54 Å². The third-order valence-electron chi connectivity index (χ3n) is 2.07. The SMILES string of the molecule is CCCOc1cccc(CCN=C(N)N)c1.I. The van der Waals surface area contributed by atoms with E-state index in [1.54, 1.807) is 0 Å². The average Bonchev–Trinajstić information content (AvgIpc) is 2.26. The smallest absolute Gasteiger partial charge is 0.185 e. The lowest BCUT2D eigenvalue weighted by molar-refractivity contribution is 0.317. The summed E-state index contributed by atoms with van der Waals surface area (Å²) in [6.07, 6.45) is 1.83. The molecule has 0 heterocycles. The summed E-state index contributed by atoms with van der Waals surface area (Å²) in [5.41, 5.74) is 11.7. The summed E-state index contributed by atoms with van der Waals surface area (Å²) in [6, 6.07) is 8.01. The number of halogens is 1. The molecule has 0 aliphatic rings. The van der Waals surface area contributed by atoms with Crippen LogP contribution in [0, 0.1) is 0 Å². The van der Waals surface area contributed by atoms with Crippen LogP contribution in [0.1, 0.15) is 18.9 Å². The van der Waals surface area contributed by atoms with Crippen molar-refractivity contribution >= 4 is 29.9 Å². The van der Waals surface area contributed by atoms with Gasteiger partial charge in [-0.25, -0.2) is 0 Å². The fraction of sp³-hybridized carbons (Fsp3) is 0.417. The van der Waals surface area contributed by atoms with E-state index in [2.05, 4.69) is 11.9 Å². The van der Waals surface area contributed by atoms with Crippen molar-refractivity contribution in [2.24, 2.45) is 16.5 Å². The number of rotatable bonds is 6. The van der Waals surface area contributed by atoms with Crippen molar-refractivity contribution in [2.75, 3.05) is 13.2 Å². The lowest BCUT2D eigenvalue weighted by Crippen LogP contribution is -2.23. The van der Waals surface area contributed by atoms with Crippen LogP contribution in [-0.2, 0) is 6.42 Å². The van der Waals surface area contributed by atoms with Gasteiger partial charge in [0.1, 0.15) is 5.75 Å². The second-order valence-electron chi connectivity index (χ2n) is 3.55. The summed E-state index contributed by atoms with van der Waals surface area (Å²) in [7, 11) is 0. The molecule has 5 heteroatoms. The number of hydrogen-bond donors (Lipinski definition) is 2. The van der Waals surface area contributed by atoms with Gasteiger partial charge < -0.3 is 16.2 Å². The van der Waals surface area contributed by atoms with E-state index in [0.29, 0.717) is 6.54 Å². The van der Waals surface area contributed by atoms with E-state index in [-0.39, 0.29) is 29.9 Å². The molecule has 0 bridgehead atoms. The third-order valence-corrected chi connectivity index (χ3v) is 2.07. The molecule has 0 unspecified atom stereocenters. The van der Waals surface area contributed by atoms with Crippen molar-refractivity contribution in [3.8, 4) is 5.75 Å². The highest BCUT2D eigenvalue weighted by Crippen LogP contribution is 2.13. The summed E-state index contributed by atoms with van der Waals surface area (Å²) in [5, 5.41) is 0. The van der Waals surface area contributed by atoms with Crippen LogP contribution < -0.4 is 16.2 Å². The van der Waals surface area contributed by atoms with Gasteiger partial charge in [0.25, 0.3) is 0 Å². The molecule has 0 radical (unpaired) electrons. The molecule has 17 heavy (non-hydrogen) atoms. The van der Waals surface area contributed by atoms with Crippen molar-refractivity contribution in [1.29, 1.82) is 0 Å². The Morgan fingerprint density at radius 1 is 1.35 bits per heavy atom. The maximum atomic E-state index is 5.54. The predicted molar refractivity (Wildman–Crippen MR) is 82.0 cm³/mol. The molecule has 96 valence electrons. The van der Waals surface area contributed by atoms with Crippen molar-refractivity contribution < 1.29 is 4.74 Å². The Balaban J connectivity index is 0.00000256. The third kappa shape index (κ3) is 7.04. The van der Waals surface area contributed by atoms with Gasteiger partial charge in [-0.1, -0.05) is 19.1 Å². The van der Waals surface area contributed by atoms with Gasteiger partial charge in [0.15, 0.2) is 5.96 Å². The number of hydrogen-bond acceptors (Lipinski definition) is 2. The minimum absolute atomic E-state index is 0. The van der Waals surface area contributed by atoms with Crippen molar-refractivity contribution in [1.82, 2.24) is 0 Å². The van der Waals surface area contributed by atoms with E-state index in [4.69, 9.17) is 16.2 Å². The standard InChI is InChI=1S/C12H19N3O.HI/c1-2-8-16-11-5-3-4-10(9-11)6-7-15-12(13)14;/h3-5,9H,2,6-8H2,1H3,(H4,13,14,15);1H. The van der Waals surface area contributed by atoms with Gasteiger partial charge in [-0.2, -0.15) is 0 Å². The zero-order chi connectivity index (χ0) is 11.8. The summed E-state index contributed by atoms with van der Waals surface area (Å²) >= 11 is 0. The van der Waals surface area contributed by atoms with E-state index in [1.165, 1.54) is 5.56 Å². The van der Waals surface area contributed by atoms with Gasteiger partial charge in [0.2, 0.25) is 0 Å². The Bertz CT molecular complexity index is 351. The second kappa shape index (κ2) is 9.09. The summed E-state index contributed by atoms with van der Waals surface area (Å²) < 4.78 is 5.54. The first-order valence-electron chi connectivity index (χ1n) is 5.49. The normalized spacial score (nSPS) is 9.24. The van der Waals surface area contributed by atoms with Crippen LogP contribution in [-0.4, -0.2) is 19.1 Å². The highest BCUT2D eigenvalue weighted by atomic mass is 127. The van der Waals surface area contributed by atoms with Crippen LogP contribution >= 0.6 is 24.0 Å². The number of guanidine groups is 1. The Morgan fingerprint density at radius 3 is 2.76 bits per heavy atom. The average molecular weight is 349 g/mol. The van der Waals surface area contributed by atoms with E-state index in [0.717, 1.165) is 25.2 Å². The maximum Gasteiger partial charge on any atom is 0.185 e. The molecule has 0 saturated carbocycles. The molecule has 1 rings (SSSR count). The van der Waals surface area contributed by atoms with Crippen LogP contribution in [0.3, 0.4) is 0 Å². The topological polar surface area (TPSA) is 73.6 Å². The summed E-state index contributed by atoms with van der Waals surface area (Å²) in [4.78, 5) is 3.94. The number of nitrogens with zero attached hydrogens (tertiary/aromatic N) is 1. The molecule has 4 N–H and O–H groups in total. The number of aliphatic imine (C=N–C) groups is 1. The van der Waals surface area contributed by atoms with Crippen LogP contribution in [0.25, 0.3) is 0 Å². The van der Waals surface area contributed by atoms with E-state index in [1.807, 2.05) is 24.3 Å². The molecule has 0 aliphatic carbocycles. The van der Waals surface area contributed by atoms with Crippen LogP contribution in [0.5, 0.6) is 5.75 Å². The molecule has 0 aliphatic heterocycles. The highest BCUT2D eigenvalue weighted by Gasteiger charge is 1.96. The lowest BCUT2D eigenvalue weighted by Gasteiger charge is -2.06. The summed E-state index contributed by atoms with van der Waals surface area (Å²) in [6.45, 7) is 3.44. The first kappa shape index (κ1) is 16.0. The molecule has 0 aromatic heterocycles. The molecular weight excluding hydrogens is 329 g/mol. The first-order valence-corrected chi connectivity index (χ1v) is 5.49. The molecule has 1 aromatic carbocycles. The molecular formula is C12H20IN3O. The maximum absolute atomic E-state index is 5.54. The van der Waals surface area contributed by atoms with E-state index in [9.17, 15) is 0 Å². The molecule has 0 fully saturated rings. The minimum Gasteiger partial charge on any atom is -0.494 e. The Kier molecular flexibility index (Phi) is 8.57. The van der Waals surface area contributed by atoms with Gasteiger partial charge in [-0.05, 0) is 30.5 Å². The van der Waals surface area contributed by atoms with Gasteiger partial charge in [-0.15, -0.1) is 24.0 Å². The lowest BCUT2D eigenvalue weighted by atomic mass is 10.1. The zero-order valence-electron chi connectivity index (χ0n) is 10.1. The van der Waals surface area contributed by atoms with Crippen LogP contribution in [0.2, 0.25) is 0 Å². The molecule has 0 spiro atoms. The van der Waals surface area contributed by atoms with Crippen LogP contribution in [0.4, 0.5) is 0 Å². The zero-order valence-corrected chi connectivity index (χ0v) is 12.4. The first-order chi connectivity index (χ1) is 7.72. The number of ether oxygens (including phenoxy) is 1. The van der Waals surface area contributed by atoms with E-state index >= 15 is 0 Å². The van der Waals surface area contributed by atoms with Gasteiger partial charge >= 0.3 is 0 Å². The number of nitrogens with two attached hydrogens (primary N) is 2. The number of benzene rings is 1. The highest BCUT2D eigenvalue weighted by molar-refractivity contribution is 14.0. The fourth-order valence-corrected chi connectivity index (χ4v) is 1.32. The Morgan fingerprint density at radius 2 is 2.12 bits per heavy atom. The van der Waals surface area contributed by atoms with Crippen molar-refractivity contribution in [2.45, 2.75) is 19.8 Å². The fourth-order valence-electron chi connectivity index (χ4n) is 1.32. The van der Waals surface area contributed by atoms with Crippen molar-refractivity contribution in [3.63, 3.8) is 0 Å². The minimum atomic E-state index is 0. The van der Waals surface area contributed by atoms with Gasteiger partial charge in [-0.3, -0.25) is 4.99 Å². The van der Waals surface area contributed by atoms with E-state index < -0.39 is 0 Å². The quantitative estimate of drug-likeness (QED) is 0.468. The van der Waals surface area contributed by atoms with Crippen LogP contribution in [0.15, 0.2) is 29.3 Å². The molecule has 1 aromatic rings. The second-order valence-corrected chi connectivity index (χ2v) is 3.55. The monoisotopic (exact) mass is 349 g/mol. The molecule has 4 nitrogen and oxygen atoms in total. The van der Waals surface area contributed by atoms with Gasteiger partial charge in [0.05, 0.1) is 6.61 Å². The Labute approximate surface area is 119 Å². The Hall–Kier alpha value is -0.980. The molecule has 0 atom stereocenters. The summed E-state index contributed by atoms with van der Waals surface area (Å²) in [5.74, 6) is 1.04. The predicted octanol–water partition coefficient (Wildman–Crippen LogP) is 1.91. The van der Waals surface area contributed by atoms with Crippen molar-refractivity contribution in [3.05, 3.63) is 29.8 Å².